The molecule has 0 saturated carbocycles. The highest BCUT2D eigenvalue weighted by Crippen LogP contribution is 2.41. The van der Waals surface area contributed by atoms with Crippen LogP contribution in [0.5, 0.6) is 0 Å². The number of amides is 2. The van der Waals surface area contributed by atoms with E-state index < -0.39 is 23.3 Å². The predicted octanol–water partition coefficient (Wildman–Crippen LogP) is 1.51. The molecule has 2 amide bonds. The zero-order valence-corrected chi connectivity index (χ0v) is 17.6. The SMILES string of the molecule is Cc1nnc(SCC2=C(C(=O)O)N3C(=O)C(NC(=O)Cc4cccs4)[C@@H]3SC2)o1. The molecule has 29 heavy (non-hydrogen) atoms. The minimum atomic E-state index is -1.16. The molecule has 0 spiro atoms. The summed E-state index contributed by atoms with van der Waals surface area (Å²) in [7, 11) is 0. The summed E-state index contributed by atoms with van der Waals surface area (Å²) in [5, 5.41) is 21.9. The molecule has 1 unspecified atom stereocenters. The molecular formula is C17H16N4O5S3. The summed E-state index contributed by atoms with van der Waals surface area (Å²) in [6, 6.07) is 3.00. The smallest absolute Gasteiger partial charge is 0.352 e. The molecule has 2 aromatic rings. The van der Waals surface area contributed by atoms with Gasteiger partial charge in [-0.2, -0.15) is 0 Å². The molecule has 152 valence electrons. The van der Waals surface area contributed by atoms with Crippen LogP contribution < -0.4 is 5.32 Å². The Kier molecular flexibility index (Phi) is 5.65. The third kappa shape index (κ3) is 4.05. The fraction of sp³-hybridized carbons (Fsp3) is 0.353. The van der Waals surface area contributed by atoms with Crippen molar-refractivity contribution < 1.29 is 23.9 Å². The third-order valence-electron chi connectivity index (χ3n) is 4.36. The molecular weight excluding hydrogens is 436 g/mol. The van der Waals surface area contributed by atoms with Crippen molar-refractivity contribution in [3.63, 3.8) is 0 Å². The van der Waals surface area contributed by atoms with Crippen LogP contribution in [0.15, 0.2) is 38.4 Å². The van der Waals surface area contributed by atoms with E-state index in [9.17, 15) is 19.5 Å². The van der Waals surface area contributed by atoms with E-state index in [0.717, 1.165) is 4.88 Å². The van der Waals surface area contributed by atoms with Gasteiger partial charge in [0, 0.05) is 23.3 Å². The Morgan fingerprint density at radius 3 is 2.93 bits per heavy atom. The fourth-order valence-electron chi connectivity index (χ4n) is 3.08. The van der Waals surface area contributed by atoms with Gasteiger partial charge in [0.25, 0.3) is 11.1 Å². The fourth-order valence-corrected chi connectivity index (χ4v) is 6.07. The zero-order valence-electron chi connectivity index (χ0n) is 15.2. The van der Waals surface area contributed by atoms with Crippen molar-refractivity contribution in [1.29, 1.82) is 0 Å². The number of aryl methyl sites for hydroxylation is 1. The van der Waals surface area contributed by atoms with Crippen LogP contribution >= 0.6 is 34.9 Å². The number of hydrogen-bond donors (Lipinski definition) is 2. The number of nitrogens with one attached hydrogen (secondary N) is 1. The number of fused-ring (bicyclic) bond motifs is 1. The largest absolute Gasteiger partial charge is 0.477 e. The molecule has 1 fully saturated rings. The maximum Gasteiger partial charge on any atom is 0.352 e. The summed E-state index contributed by atoms with van der Waals surface area (Å²) < 4.78 is 5.29. The summed E-state index contributed by atoms with van der Waals surface area (Å²) >= 11 is 4.14. The number of thioether (sulfide) groups is 2. The van der Waals surface area contributed by atoms with E-state index in [1.807, 2.05) is 17.5 Å². The minimum absolute atomic E-state index is 0.0220. The number of aromatic nitrogens is 2. The number of thiophene rings is 1. The van der Waals surface area contributed by atoms with E-state index in [-0.39, 0.29) is 18.0 Å². The highest BCUT2D eigenvalue weighted by atomic mass is 32.2. The average molecular weight is 453 g/mol. The Labute approximate surface area is 177 Å². The topological polar surface area (TPSA) is 126 Å². The molecule has 2 aromatic heterocycles. The summed E-state index contributed by atoms with van der Waals surface area (Å²) in [6.07, 6.45) is 0.200. The lowest BCUT2D eigenvalue weighted by atomic mass is 10.0. The number of carboxylic acids is 1. The van der Waals surface area contributed by atoms with Gasteiger partial charge < -0.3 is 14.8 Å². The van der Waals surface area contributed by atoms with Crippen molar-refractivity contribution in [3.05, 3.63) is 39.6 Å². The van der Waals surface area contributed by atoms with Crippen molar-refractivity contribution in [2.24, 2.45) is 0 Å². The third-order valence-corrected chi connectivity index (χ3v) is 7.48. The Morgan fingerprint density at radius 1 is 1.45 bits per heavy atom. The molecule has 2 N–H and O–H groups in total. The number of hydrogen-bond acceptors (Lipinski definition) is 9. The second-order valence-corrected chi connectivity index (χ2v) is 9.41. The van der Waals surface area contributed by atoms with Crippen molar-refractivity contribution >= 4 is 52.6 Å². The summed E-state index contributed by atoms with van der Waals surface area (Å²) in [5.74, 6) is -0.632. The first kappa shape index (κ1) is 20.0. The predicted molar refractivity (Wildman–Crippen MR) is 107 cm³/mol. The molecule has 2 aliphatic heterocycles. The number of rotatable bonds is 7. The highest BCUT2D eigenvalue weighted by molar-refractivity contribution is 8.01. The molecule has 1 saturated heterocycles. The average Bonchev–Trinajstić information content (AvgIpc) is 3.35. The number of carboxylic acid groups (broad SMARTS) is 1. The summed E-state index contributed by atoms with van der Waals surface area (Å²) in [6.45, 7) is 1.67. The van der Waals surface area contributed by atoms with E-state index in [1.54, 1.807) is 6.92 Å². The Morgan fingerprint density at radius 2 is 2.28 bits per heavy atom. The van der Waals surface area contributed by atoms with E-state index in [1.165, 1.54) is 39.8 Å². The first-order chi connectivity index (χ1) is 13.9. The molecule has 0 bridgehead atoms. The highest BCUT2D eigenvalue weighted by Gasteiger charge is 2.54. The van der Waals surface area contributed by atoms with Crippen LogP contribution in [-0.2, 0) is 20.8 Å². The Hall–Kier alpha value is -2.31. The van der Waals surface area contributed by atoms with Crippen LogP contribution in [0.3, 0.4) is 0 Å². The van der Waals surface area contributed by atoms with Crippen molar-refractivity contribution in [2.75, 3.05) is 11.5 Å². The molecule has 2 aliphatic rings. The second kappa shape index (κ2) is 8.20. The number of nitrogens with zero attached hydrogens (tertiary/aromatic N) is 3. The maximum absolute atomic E-state index is 12.6. The number of β-lactam (4-membered cyclic amide) rings is 1. The first-order valence-electron chi connectivity index (χ1n) is 8.58. The minimum Gasteiger partial charge on any atom is -0.477 e. The van der Waals surface area contributed by atoms with Gasteiger partial charge in [0.05, 0.1) is 6.42 Å². The molecule has 4 heterocycles. The second-order valence-electron chi connectivity index (χ2n) is 6.34. The molecule has 0 aromatic carbocycles. The van der Waals surface area contributed by atoms with Crippen LogP contribution in [0, 0.1) is 6.92 Å². The lowest BCUT2D eigenvalue weighted by molar-refractivity contribution is -0.150. The maximum atomic E-state index is 12.6. The van der Waals surface area contributed by atoms with Crippen molar-refractivity contribution in [2.45, 2.75) is 30.0 Å². The van der Waals surface area contributed by atoms with E-state index in [4.69, 9.17) is 4.42 Å². The van der Waals surface area contributed by atoms with Crippen LogP contribution in [0.4, 0.5) is 0 Å². The summed E-state index contributed by atoms with van der Waals surface area (Å²) in [5.41, 5.74) is 0.586. The zero-order chi connectivity index (χ0) is 20.5. The van der Waals surface area contributed by atoms with Gasteiger partial charge in [-0.3, -0.25) is 14.5 Å². The molecule has 0 aliphatic carbocycles. The van der Waals surface area contributed by atoms with E-state index in [0.29, 0.717) is 28.2 Å². The first-order valence-corrected chi connectivity index (χ1v) is 11.5. The van der Waals surface area contributed by atoms with Crippen LogP contribution in [0.2, 0.25) is 0 Å². The molecule has 12 heteroatoms. The molecule has 9 nitrogen and oxygen atoms in total. The van der Waals surface area contributed by atoms with Gasteiger partial charge in [0.15, 0.2) is 0 Å². The van der Waals surface area contributed by atoms with Crippen molar-refractivity contribution in [3.8, 4) is 0 Å². The van der Waals surface area contributed by atoms with Gasteiger partial charge >= 0.3 is 5.97 Å². The number of carbonyl (C=O) groups is 3. The molecule has 0 radical (unpaired) electrons. The van der Waals surface area contributed by atoms with Gasteiger partial charge in [0.2, 0.25) is 11.8 Å². The van der Waals surface area contributed by atoms with Gasteiger partial charge in [0.1, 0.15) is 17.1 Å². The van der Waals surface area contributed by atoms with Gasteiger partial charge in [-0.05, 0) is 17.0 Å². The molecule has 2 atom stereocenters. The van der Waals surface area contributed by atoms with Crippen LogP contribution in [-0.4, -0.2) is 60.9 Å². The van der Waals surface area contributed by atoms with Crippen LogP contribution in [0.1, 0.15) is 10.8 Å². The van der Waals surface area contributed by atoms with Gasteiger partial charge in [-0.15, -0.1) is 33.3 Å². The standard InChI is InChI=1S/C17H16N4O5S3/c1-8-19-20-17(26-8)29-7-9-6-28-15-12(14(23)21(15)13(9)16(24)25)18-11(22)5-10-3-2-4-27-10/h2-4,12,15H,5-7H2,1H3,(H,18,22)(H,24,25)/t12?,15-/m0/s1. The van der Waals surface area contributed by atoms with E-state index in [2.05, 4.69) is 15.5 Å². The van der Waals surface area contributed by atoms with Crippen molar-refractivity contribution in [1.82, 2.24) is 20.4 Å². The normalized spacial score (nSPS) is 21.0. The monoisotopic (exact) mass is 452 g/mol. The summed E-state index contributed by atoms with van der Waals surface area (Å²) in [4.78, 5) is 38.9. The Bertz CT molecular complexity index is 987. The van der Waals surface area contributed by atoms with E-state index >= 15 is 0 Å². The lowest BCUT2D eigenvalue weighted by Crippen LogP contribution is -2.70. The van der Waals surface area contributed by atoms with Crippen LogP contribution in [0.25, 0.3) is 0 Å². The van der Waals surface area contributed by atoms with Gasteiger partial charge in [-0.1, -0.05) is 17.8 Å². The number of carbonyl (C=O) groups excluding carboxylic acids is 2. The Balaban J connectivity index is 1.44. The quantitative estimate of drug-likeness (QED) is 0.475. The molecule has 4 rings (SSSR count). The van der Waals surface area contributed by atoms with Gasteiger partial charge in [-0.25, -0.2) is 4.79 Å². The number of aliphatic carboxylic acids is 1. The lowest BCUT2D eigenvalue weighted by Gasteiger charge is -2.49.